The molecule has 1 heterocycles. The van der Waals surface area contributed by atoms with Crippen molar-refractivity contribution in [3.63, 3.8) is 0 Å². The summed E-state index contributed by atoms with van der Waals surface area (Å²) in [5, 5.41) is 1.70. The number of hydrogen-bond acceptors (Lipinski definition) is 4. The second kappa shape index (κ2) is 3.87. The van der Waals surface area contributed by atoms with Crippen LogP contribution in [0, 0.1) is 5.92 Å². The summed E-state index contributed by atoms with van der Waals surface area (Å²) in [7, 11) is 0. The van der Waals surface area contributed by atoms with Crippen molar-refractivity contribution in [3.05, 3.63) is 0 Å². The van der Waals surface area contributed by atoms with Gasteiger partial charge in [-0.25, -0.2) is 5.01 Å². The van der Waals surface area contributed by atoms with Crippen molar-refractivity contribution in [2.24, 2.45) is 11.8 Å². The van der Waals surface area contributed by atoms with Gasteiger partial charge in [-0.3, -0.25) is 10.6 Å². The summed E-state index contributed by atoms with van der Waals surface area (Å²) in [5.41, 5.74) is -0.398. The van der Waals surface area contributed by atoms with Crippen LogP contribution in [0.15, 0.2) is 0 Å². The molecule has 1 fully saturated rings. The summed E-state index contributed by atoms with van der Waals surface area (Å²) < 4.78 is 5.30. The summed E-state index contributed by atoms with van der Waals surface area (Å²) in [5.74, 6) is 5.49. The first-order valence-corrected chi connectivity index (χ1v) is 5.09. The number of esters is 1. The largest absolute Gasteiger partial charge is 0.460 e. The van der Waals surface area contributed by atoms with E-state index in [-0.39, 0.29) is 17.9 Å². The molecule has 0 aromatic rings. The van der Waals surface area contributed by atoms with Crippen LogP contribution in [0.4, 0.5) is 0 Å². The minimum absolute atomic E-state index is 0.0378. The van der Waals surface area contributed by atoms with Gasteiger partial charge in [-0.15, -0.1) is 0 Å². The van der Waals surface area contributed by atoms with E-state index in [1.54, 1.807) is 5.01 Å². The van der Waals surface area contributed by atoms with Crippen LogP contribution in [-0.2, 0) is 9.53 Å². The minimum atomic E-state index is -0.398. The topological polar surface area (TPSA) is 55.6 Å². The smallest absolute Gasteiger partial charge is 0.312 e. The fraction of sp³-hybridized carbons (Fsp3) is 0.900. The number of nitrogens with zero attached hydrogens (tertiary/aromatic N) is 1. The van der Waals surface area contributed by atoms with E-state index in [9.17, 15) is 4.79 Å². The fourth-order valence-corrected chi connectivity index (χ4v) is 1.71. The zero-order valence-corrected chi connectivity index (χ0v) is 9.41. The van der Waals surface area contributed by atoms with Gasteiger partial charge in [0, 0.05) is 12.6 Å². The molecule has 0 bridgehead atoms. The van der Waals surface area contributed by atoms with Gasteiger partial charge in [0.15, 0.2) is 0 Å². The van der Waals surface area contributed by atoms with Crippen molar-refractivity contribution in [1.29, 1.82) is 0 Å². The van der Waals surface area contributed by atoms with Gasteiger partial charge in [-0.05, 0) is 27.2 Å². The van der Waals surface area contributed by atoms with Crippen LogP contribution in [0.3, 0.4) is 0 Å². The summed E-state index contributed by atoms with van der Waals surface area (Å²) in [4.78, 5) is 11.7. The Kier molecular flexibility index (Phi) is 3.17. The zero-order valence-electron chi connectivity index (χ0n) is 9.41. The fourth-order valence-electron chi connectivity index (χ4n) is 1.71. The molecule has 0 radical (unpaired) electrons. The number of hydrogen-bond donors (Lipinski definition) is 1. The number of rotatable bonds is 2. The standard InChI is InChI=1S/C10H20N2O2/c1-5-8-7(6-12(8)11)9(13)14-10(2,3)4/h7-8H,5-6,11H2,1-4H3. The molecule has 0 amide bonds. The van der Waals surface area contributed by atoms with Gasteiger partial charge < -0.3 is 4.74 Å². The SMILES string of the molecule is CCC1C(C(=O)OC(C)(C)C)CN1N. The average Bonchev–Trinajstić information content (AvgIpc) is 1.97. The molecule has 2 atom stereocenters. The molecule has 1 aliphatic heterocycles. The molecule has 1 rings (SSSR count). The maximum absolute atomic E-state index is 11.7. The first kappa shape index (κ1) is 11.5. The van der Waals surface area contributed by atoms with Gasteiger partial charge in [-0.2, -0.15) is 0 Å². The van der Waals surface area contributed by atoms with Crippen LogP contribution in [0.5, 0.6) is 0 Å². The molecular formula is C10H20N2O2. The molecule has 14 heavy (non-hydrogen) atoms. The molecule has 4 heteroatoms. The Morgan fingerprint density at radius 1 is 1.57 bits per heavy atom. The van der Waals surface area contributed by atoms with E-state index in [2.05, 4.69) is 0 Å². The van der Waals surface area contributed by atoms with Crippen LogP contribution in [-0.4, -0.2) is 29.2 Å². The first-order valence-electron chi connectivity index (χ1n) is 5.09. The summed E-state index contributed by atoms with van der Waals surface area (Å²) in [6.07, 6.45) is 0.889. The Hall–Kier alpha value is -0.610. The van der Waals surface area contributed by atoms with Gasteiger partial charge >= 0.3 is 5.97 Å². The molecule has 0 aromatic heterocycles. The van der Waals surface area contributed by atoms with Crippen molar-refractivity contribution in [3.8, 4) is 0 Å². The summed E-state index contributed by atoms with van der Waals surface area (Å²) in [6, 6.07) is 0.157. The van der Waals surface area contributed by atoms with Crippen LogP contribution in [0.2, 0.25) is 0 Å². The van der Waals surface area contributed by atoms with E-state index in [4.69, 9.17) is 10.6 Å². The molecule has 0 spiro atoms. The highest BCUT2D eigenvalue weighted by Crippen LogP contribution is 2.26. The maximum atomic E-state index is 11.7. The van der Waals surface area contributed by atoms with E-state index < -0.39 is 5.60 Å². The molecule has 1 aliphatic rings. The molecule has 0 aromatic carbocycles. The van der Waals surface area contributed by atoms with Gasteiger partial charge in [0.25, 0.3) is 0 Å². The van der Waals surface area contributed by atoms with Gasteiger partial charge in [-0.1, -0.05) is 6.92 Å². The number of carbonyl (C=O) groups excluding carboxylic acids is 1. The lowest BCUT2D eigenvalue weighted by Gasteiger charge is -2.43. The zero-order chi connectivity index (χ0) is 10.9. The number of nitrogens with two attached hydrogens (primary N) is 1. The van der Waals surface area contributed by atoms with Crippen molar-refractivity contribution in [2.75, 3.05) is 6.54 Å². The predicted molar refractivity (Wildman–Crippen MR) is 54.3 cm³/mol. The molecule has 0 aliphatic carbocycles. The quantitative estimate of drug-likeness (QED) is 0.532. The lowest BCUT2D eigenvalue weighted by Crippen LogP contribution is -2.62. The second-order valence-electron chi connectivity index (χ2n) is 4.81. The van der Waals surface area contributed by atoms with Crippen LogP contribution in [0.25, 0.3) is 0 Å². The maximum Gasteiger partial charge on any atom is 0.312 e. The van der Waals surface area contributed by atoms with Gasteiger partial charge in [0.2, 0.25) is 0 Å². The molecular weight excluding hydrogens is 180 g/mol. The Bertz CT molecular complexity index is 223. The molecule has 2 N–H and O–H groups in total. The molecule has 1 saturated heterocycles. The Labute approximate surface area is 85.4 Å². The van der Waals surface area contributed by atoms with E-state index >= 15 is 0 Å². The van der Waals surface area contributed by atoms with E-state index in [0.29, 0.717) is 6.54 Å². The molecule has 4 nitrogen and oxygen atoms in total. The molecule has 82 valence electrons. The lowest BCUT2D eigenvalue weighted by molar-refractivity contribution is -0.171. The van der Waals surface area contributed by atoms with Crippen molar-refractivity contribution in [2.45, 2.75) is 45.8 Å². The third-order valence-corrected chi connectivity index (χ3v) is 2.43. The van der Waals surface area contributed by atoms with E-state index in [0.717, 1.165) is 6.42 Å². The third kappa shape index (κ3) is 2.45. The molecule has 0 saturated carbocycles. The summed E-state index contributed by atoms with van der Waals surface area (Å²) in [6.45, 7) is 8.29. The highest BCUT2D eigenvalue weighted by Gasteiger charge is 2.42. The Balaban J connectivity index is 2.47. The minimum Gasteiger partial charge on any atom is -0.460 e. The normalized spacial score (nSPS) is 28.4. The highest BCUT2D eigenvalue weighted by atomic mass is 16.6. The molecule has 2 unspecified atom stereocenters. The average molecular weight is 200 g/mol. The van der Waals surface area contributed by atoms with Crippen LogP contribution >= 0.6 is 0 Å². The van der Waals surface area contributed by atoms with Crippen molar-refractivity contribution >= 4 is 5.97 Å². The van der Waals surface area contributed by atoms with Crippen molar-refractivity contribution in [1.82, 2.24) is 5.01 Å². The predicted octanol–water partition coefficient (Wildman–Crippen LogP) is 0.912. The van der Waals surface area contributed by atoms with E-state index in [1.165, 1.54) is 0 Å². The lowest BCUT2D eigenvalue weighted by atomic mass is 9.88. The van der Waals surface area contributed by atoms with E-state index in [1.807, 2.05) is 27.7 Å². The third-order valence-electron chi connectivity index (χ3n) is 2.43. The highest BCUT2D eigenvalue weighted by molar-refractivity contribution is 5.75. The first-order chi connectivity index (χ1) is 6.35. The number of ether oxygens (including phenoxy) is 1. The van der Waals surface area contributed by atoms with Crippen molar-refractivity contribution < 1.29 is 9.53 Å². The Morgan fingerprint density at radius 2 is 2.14 bits per heavy atom. The number of hydrazine groups is 1. The monoisotopic (exact) mass is 200 g/mol. The van der Waals surface area contributed by atoms with Gasteiger partial charge in [0.05, 0.1) is 5.92 Å². The van der Waals surface area contributed by atoms with Crippen LogP contribution < -0.4 is 5.84 Å². The van der Waals surface area contributed by atoms with Gasteiger partial charge in [0.1, 0.15) is 5.60 Å². The number of carbonyl (C=O) groups is 1. The van der Waals surface area contributed by atoms with Crippen LogP contribution in [0.1, 0.15) is 34.1 Å². The Morgan fingerprint density at radius 3 is 2.50 bits per heavy atom. The summed E-state index contributed by atoms with van der Waals surface area (Å²) >= 11 is 0. The second-order valence-corrected chi connectivity index (χ2v) is 4.81.